The van der Waals surface area contributed by atoms with Gasteiger partial charge in [-0.15, -0.1) is 0 Å². The van der Waals surface area contributed by atoms with Crippen molar-refractivity contribution < 1.29 is 19.3 Å². The Balaban J connectivity index is 2.39. The van der Waals surface area contributed by atoms with Gasteiger partial charge in [0.25, 0.3) is 0 Å². The lowest BCUT2D eigenvalue weighted by atomic mass is 10.1. The van der Waals surface area contributed by atoms with Crippen LogP contribution in [0.1, 0.15) is 6.23 Å². The fourth-order valence-corrected chi connectivity index (χ4v) is 2.46. The third-order valence-corrected chi connectivity index (χ3v) is 3.57. The molecule has 2 heterocycles. The van der Waals surface area contributed by atoms with Gasteiger partial charge in [-0.05, 0) is 0 Å². The van der Waals surface area contributed by atoms with Crippen molar-refractivity contribution in [3.8, 4) is 0 Å². The second kappa shape index (κ2) is 5.07. The minimum absolute atomic E-state index is 0.423. The van der Waals surface area contributed by atoms with E-state index in [-0.39, 0.29) is 0 Å². The highest BCUT2D eigenvalue weighted by molar-refractivity contribution is 14.1. The number of nitrogens with two attached hydrogens (primary N) is 1. The van der Waals surface area contributed by atoms with Crippen molar-refractivity contribution in [1.29, 1.82) is 0 Å². The van der Waals surface area contributed by atoms with Crippen molar-refractivity contribution in [2.24, 2.45) is 0 Å². The molecule has 0 unspecified atom stereocenters. The molecule has 0 radical (unpaired) electrons. The summed E-state index contributed by atoms with van der Waals surface area (Å²) < 4.78 is 19.8. The second-order valence-electron chi connectivity index (χ2n) is 3.86. The summed E-state index contributed by atoms with van der Waals surface area (Å²) in [5.41, 5.74) is 4.30. The average Bonchev–Trinajstić information content (AvgIpc) is 2.61. The third kappa shape index (κ3) is 2.22. The van der Waals surface area contributed by atoms with Crippen LogP contribution < -0.4 is 11.4 Å². The number of aromatic nitrogens is 2. The summed E-state index contributed by atoms with van der Waals surface area (Å²) in [5.74, 6) is -1.41. The van der Waals surface area contributed by atoms with Crippen molar-refractivity contribution in [2.45, 2.75) is 24.5 Å². The van der Waals surface area contributed by atoms with Crippen LogP contribution in [0.3, 0.4) is 0 Å². The minimum atomic E-state index is -1.33. The van der Waals surface area contributed by atoms with Crippen LogP contribution in [0.25, 0.3) is 0 Å². The molecule has 7 nitrogen and oxygen atoms in total. The molecule has 1 aliphatic heterocycles. The van der Waals surface area contributed by atoms with E-state index in [1.165, 1.54) is 0 Å². The van der Waals surface area contributed by atoms with Gasteiger partial charge < -0.3 is 20.7 Å². The molecule has 0 bridgehead atoms. The van der Waals surface area contributed by atoms with Crippen molar-refractivity contribution >= 4 is 28.4 Å². The molecule has 2 rings (SSSR count). The third-order valence-electron chi connectivity index (χ3n) is 2.70. The van der Waals surface area contributed by atoms with Gasteiger partial charge in [-0.2, -0.15) is 4.98 Å². The standard InChI is InChI=1S/C9H11FIN3O4/c10-3-2-14(9(17)13-7(3)12)8-6(16)5(15)4(1-11)18-8/h2,4-6,8,15-16H,1H2,(H2,12,13,17)/t4-,5-,6-,8-/m1/s1. The van der Waals surface area contributed by atoms with Crippen molar-refractivity contribution in [3.63, 3.8) is 0 Å². The van der Waals surface area contributed by atoms with Gasteiger partial charge in [0.2, 0.25) is 0 Å². The van der Waals surface area contributed by atoms with Gasteiger partial charge in [0.15, 0.2) is 17.9 Å². The molecule has 4 atom stereocenters. The Labute approximate surface area is 115 Å². The number of aliphatic hydroxyl groups excluding tert-OH is 2. The van der Waals surface area contributed by atoms with Crippen molar-refractivity contribution in [3.05, 3.63) is 22.5 Å². The summed E-state index contributed by atoms with van der Waals surface area (Å²) in [6.07, 6.45) is -3.46. The van der Waals surface area contributed by atoms with Crippen LogP contribution in [0, 0.1) is 5.82 Å². The minimum Gasteiger partial charge on any atom is -0.387 e. The topological polar surface area (TPSA) is 111 Å². The molecule has 4 N–H and O–H groups in total. The maximum absolute atomic E-state index is 13.3. The summed E-state index contributed by atoms with van der Waals surface area (Å²) in [6.45, 7) is 0. The lowest BCUT2D eigenvalue weighted by Gasteiger charge is -2.17. The molecular weight excluding hydrogens is 360 g/mol. The molecule has 9 heteroatoms. The number of halogens is 2. The first kappa shape index (κ1) is 13.6. The van der Waals surface area contributed by atoms with Gasteiger partial charge in [0.1, 0.15) is 12.2 Å². The number of nitrogen functional groups attached to an aromatic ring is 1. The fourth-order valence-electron chi connectivity index (χ4n) is 1.73. The molecule has 1 aliphatic rings. The lowest BCUT2D eigenvalue weighted by molar-refractivity contribution is -0.0339. The number of aliphatic hydroxyl groups is 2. The van der Waals surface area contributed by atoms with Gasteiger partial charge in [-0.3, -0.25) is 4.57 Å². The van der Waals surface area contributed by atoms with Gasteiger partial charge in [-0.1, -0.05) is 22.6 Å². The van der Waals surface area contributed by atoms with E-state index in [1.807, 2.05) is 22.6 Å². The molecule has 0 aliphatic carbocycles. The van der Waals surface area contributed by atoms with Crippen LogP contribution >= 0.6 is 22.6 Å². The smallest absolute Gasteiger partial charge is 0.351 e. The number of anilines is 1. The van der Waals surface area contributed by atoms with E-state index < -0.39 is 41.9 Å². The average molecular weight is 371 g/mol. The van der Waals surface area contributed by atoms with Crippen LogP contribution in [0.4, 0.5) is 10.2 Å². The van der Waals surface area contributed by atoms with Crippen LogP contribution in [-0.4, -0.2) is 42.5 Å². The molecule has 18 heavy (non-hydrogen) atoms. The van der Waals surface area contributed by atoms with E-state index in [2.05, 4.69) is 4.98 Å². The van der Waals surface area contributed by atoms with Crippen LogP contribution in [-0.2, 0) is 4.74 Å². The fraction of sp³-hybridized carbons (Fsp3) is 0.556. The molecule has 0 amide bonds. The molecule has 1 fully saturated rings. The molecular formula is C9H11FIN3O4. The number of ether oxygens (including phenoxy) is 1. The Morgan fingerprint density at radius 3 is 2.78 bits per heavy atom. The first-order valence-electron chi connectivity index (χ1n) is 5.07. The number of rotatable bonds is 2. The lowest BCUT2D eigenvalue weighted by Crippen LogP contribution is -2.36. The Morgan fingerprint density at radius 2 is 2.22 bits per heavy atom. The predicted molar refractivity (Wildman–Crippen MR) is 67.7 cm³/mol. The largest absolute Gasteiger partial charge is 0.387 e. The van der Waals surface area contributed by atoms with Gasteiger partial charge in [-0.25, -0.2) is 9.18 Å². The van der Waals surface area contributed by atoms with E-state index in [0.717, 1.165) is 10.8 Å². The quantitative estimate of drug-likeness (QED) is 0.455. The summed E-state index contributed by atoms with van der Waals surface area (Å²) in [5, 5.41) is 19.4. The Hall–Kier alpha value is -0.780. The number of nitrogens with zero attached hydrogens (tertiary/aromatic N) is 2. The maximum atomic E-state index is 13.3. The molecule has 100 valence electrons. The van der Waals surface area contributed by atoms with Crippen LogP contribution in [0.15, 0.2) is 11.0 Å². The van der Waals surface area contributed by atoms with Crippen molar-refractivity contribution in [2.75, 3.05) is 10.2 Å². The van der Waals surface area contributed by atoms with E-state index >= 15 is 0 Å². The first-order chi connectivity index (χ1) is 8.45. The Kier molecular flexibility index (Phi) is 3.84. The monoisotopic (exact) mass is 371 g/mol. The second-order valence-corrected chi connectivity index (χ2v) is 4.75. The SMILES string of the molecule is Nc1nc(=O)n([C@@H]2O[C@H](CI)[C@@H](O)[C@H]2O)cc1F. The molecule has 0 saturated carbocycles. The first-order valence-corrected chi connectivity index (χ1v) is 6.60. The highest BCUT2D eigenvalue weighted by Gasteiger charge is 2.43. The number of hydrogen-bond acceptors (Lipinski definition) is 6. The zero-order valence-electron chi connectivity index (χ0n) is 9.03. The van der Waals surface area contributed by atoms with Gasteiger partial charge in [0.05, 0.1) is 12.3 Å². The maximum Gasteiger partial charge on any atom is 0.351 e. The normalized spacial score (nSPS) is 31.8. The zero-order chi connectivity index (χ0) is 13.4. The van der Waals surface area contributed by atoms with E-state index in [4.69, 9.17) is 10.5 Å². The molecule has 0 aromatic carbocycles. The highest BCUT2D eigenvalue weighted by Crippen LogP contribution is 2.29. The predicted octanol–water partition coefficient (Wildman–Crippen LogP) is -0.981. The van der Waals surface area contributed by atoms with E-state index in [0.29, 0.717) is 4.43 Å². The molecule has 1 saturated heterocycles. The molecule has 1 aromatic heterocycles. The number of alkyl halides is 1. The summed E-state index contributed by atoms with van der Waals surface area (Å²) in [4.78, 5) is 14.8. The summed E-state index contributed by atoms with van der Waals surface area (Å²) in [7, 11) is 0. The Bertz CT molecular complexity index is 511. The van der Waals surface area contributed by atoms with E-state index in [9.17, 15) is 19.4 Å². The summed E-state index contributed by atoms with van der Waals surface area (Å²) in [6, 6.07) is 0. The van der Waals surface area contributed by atoms with Crippen LogP contribution in [0.5, 0.6) is 0 Å². The summed E-state index contributed by atoms with van der Waals surface area (Å²) >= 11 is 1.97. The van der Waals surface area contributed by atoms with Gasteiger partial charge in [0, 0.05) is 4.43 Å². The Morgan fingerprint density at radius 1 is 1.56 bits per heavy atom. The number of hydrogen-bond donors (Lipinski definition) is 3. The van der Waals surface area contributed by atoms with E-state index in [1.54, 1.807) is 0 Å². The molecule has 0 spiro atoms. The van der Waals surface area contributed by atoms with Gasteiger partial charge >= 0.3 is 5.69 Å². The highest BCUT2D eigenvalue weighted by atomic mass is 127. The van der Waals surface area contributed by atoms with Crippen LogP contribution in [0.2, 0.25) is 0 Å². The van der Waals surface area contributed by atoms with Crippen molar-refractivity contribution in [1.82, 2.24) is 9.55 Å². The molecule has 1 aromatic rings. The zero-order valence-corrected chi connectivity index (χ0v) is 11.2.